The maximum absolute atomic E-state index is 11.9. The van der Waals surface area contributed by atoms with Gasteiger partial charge < -0.3 is 10.4 Å². The molecule has 0 unspecified atom stereocenters. The van der Waals surface area contributed by atoms with Crippen LogP contribution >= 0.6 is 0 Å². The summed E-state index contributed by atoms with van der Waals surface area (Å²) in [5, 5.41) is 17.5. The molecule has 1 fully saturated rings. The first-order valence-corrected chi connectivity index (χ1v) is 8.60. The highest BCUT2D eigenvalue weighted by atomic mass is 16.3. The molecule has 1 saturated carbocycles. The van der Waals surface area contributed by atoms with Gasteiger partial charge in [0.25, 0.3) is 0 Å². The van der Waals surface area contributed by atoms with Crippen LogP contribution in [0, 0.1) is 11.3 Å². The Morgan fingerprint density at radius 3 is 2.65 bits per heavy atom. The first-order chi connectivity index (χ1) is 10.8. The highest BCUT2D eigenvalue weighted by Crippen LogP contribution is 2.41. The van der Waals surface area contributed by atoms with Crippen LogP contribution in [0.4, 0.5) is 0 Å². The highest BCUT2D eigenvalue weighted by Gasteiger charge is 2.37. The fraction of sp³-hybridized carbons (Fsp3) is 0.824. The summed E-state index contributed by atoms with van der Waals surface area (Å²) in [6.45, 7) is 7.84. The molecule has 0 bridgehead atoms. The Balaban J connectivity index is 1.66. The minimum absolute atomic E-state index is 0.00325. The molecular weight excluding hydrogens is 292 g/mol. The van der Waals surface area contributed by atoms with Crippen molar-refractivity contribution in [1.29, 1.82) is 0 Å². The van der Waals surface area contributed by atoms with E-state index in [2.05, 4.69) is 36.2 Å². The van der Waals surface area contributed by atoms with Gasteiger partial charge in [-0.15, -0.1) is 0 Å². The van der Waals surface area contributed by atoms with Crippen LogP contribution in [0.3, 0.4) is 0 Å². The number of hydrogen-bond donors (Lipinski definition) is 2. The third-order valence-corrected chi connectivity index (χ3v) is 5.01. The topological polar surface area (TPSA) is 80.0 Å². The zero-order chi connectivity index (χ0) is 16.9. The van der Waals surface area contributed by atoms with Crippen LogP contribution in [0.5, 0.6) is 0 Å². The number of nitrogens with zero attached hydrogens (tertiary/aromatic N) is 3. The van der Waals surface area contributed by atoms with Gasteiger partial charge in [0, 0.05) is 19.5 Å². The van der Waals surface area contributed by atoms with Crippen molar-refractivity contribution < 1.29 is 9.90 Å². The van der Waals surface area contributed by atoms with Gasteiger partial charge in [-0.3, -0.25) is 9.48 Å². The Bertz CT molecular complexity index is 485. The van der Waals surface area contributed by atoms with Crippen molar-refractivity contribution in [2.24, 2.45) is 11.3 Å². The molecule has 0 aliphatic heterocycles. The summed E-state index contributed by atoms with van der Waals surface area (Å²) in [7, 11) is 0. The van der Waals surface area contributed by atoms with Crippen molar-refractivity contribution >= 4 is 5.91 Å². The van der Waals surface area contributed by atoms with Gasteiger partial charge >= 0.3 is 0 Å². The number of aryl methyl sites for hydroxylation is 1. The van der Waals surface area contributed by atoms with Crippen LogP contribution in [0.2, 0.25) is 0 Å². The Morgan fingerprint density at radius 1 is 1.39 bits per heavy atom. The zero-order valence-corrected chi connectivity index (χ0v) is 14.6. The van der Waals surface area contributed by atoms with E-state index in [0.717, 1.165) is 32.1 Å². The Hall–Kier alpha value is -1.43. The average molecular weight is 322 g/mol. The summed E-state index contributed by atoms with van der Waals surface area (Å²) in [4.78, 5) is 15.8. The lowest BCUT2D eigenvalue weighted by molar-refractivity contribution is -0.123. The maximum Gasteiger partial charge on any atom is 0.220 e. The van der Waals surface area contributed by atoms with E-state index in [-0.39, 0.29) is 5.91 Å². The predicted octanol–water partition coefficient (Wildman–Crippen LogP) is 2.14. The van der Waals surface area contributed by atoms with E-state index < -0.39 is 5.60 Å². The molecule has 23 heavy (non-hydrogen) atoms. The molecule has 2 N–H and O–H groups in total. The van der Waals surface area contributed by atoms with Gasteiger partial charge in [0.05, 0.1) is 5.60 Å². The Kier molecular flexibility index (Phi) is 5.79. The van der Waals surface area contributed by atoms with Gasteiger partial charge in [-0.1, -0.05) is 20.8 Å². The van der Waals surface area contributed by atoms with E-state index >= 15 is 0 Å². The van der Waals surface area contributed by atoms with Crippen LogP contribution in [0.1, 0.15) is 59.3 Å². The first kappa shape index (κ1) is 17.9. The minimum Gasteiger partial charge on any atom is -0.388 e. The van der Waals surface area contributed by atoms with Crippen molar-refractivity contribution in [3.05, 3.63) is 12.7 Å². The molecule has 0 radical (unpaired) electrons. The number of aliphatic hydroxyl groups is 1. The van der Waals surface area contributed by atoms with Crippen molar-refractivity contribution in [2.45, 2.75) is 71.4 Å². The second-order valence-corrected chi connectivity index (χ2v) is 7.90. The smallest absolute Gasteiger partial charge is 0.220 e. The second kappa shape index (κ2) is 7.43. The fourth-order valence-corrected chi connectivity index (χ4v) is 3.30. The van der Waals surface area contributed by atoms with Crippen LogP contribution in [-0.4, -0.2) is 37.9 Å². The summed E-state index contributed by atoms with van der Waals surface area (Å²) in [5.74, 6) is 0.651. The lowest BCUT2D eigenvalue weighted by Gasteiger charge is -2.41. The van der Waals surface area contributed by atoms with Crippen molar-refractivity contribution in [3.63, 3.8) is 0 Å². The number of amides is 1. The van der Waals surface area contributed by atoms with Gasteiger partial charge in [0.2, 0.25) is 5.91 Å². The van der Waals surface area contributed by atoms with Crippen molar-refractivity contribution in [3.8, 4) is 0 Å². The van der Waals surface area contributed by atoms with E-state index in [1.807, 2.05) is 0 Å². The lowest BCUT2D eigenvalue weighted by Crippen LogP contribution is -2.46. The molecule has 1 amide bonds. The molecule has 0 spiro atoms. The van der Waals surface area contributed by atoms with Crippen LogP contribution in [-0.2, 0) is 11.3 Å². The quantitative estimate of drug-likeness (QED) is 0.841. The van der Waals surface area contributed by atoms with Gasteiger partial charge in [-0.05, 0) is 43.4 Å². The van der Waals surface area contributed by atoms with E-state index in [4.69, 9.17) is 0 Å². The van der Waals surface area contributed by atoms with E-state index in [9.17, 15) is 9.90 Å². The molecule has 1 heterocycles. The maximum atomic E-state index is 11.9. The monoisotopic (exact) mass is 322 g/mol. The number of nitrogens with one attached hydrogen (secondary N) is 1. The molecule has 1 aliphatic carbocycles. The Labute approximate surface area is 138 Å². The summed E-state index contributed by atoms with van der Waals surface area (Å²) in [6, 6.07) is 0. The molecular formula is C17H30N4O2. The molecule has 1 aliphatic rings. The van der Waals surface area contributed by atoms with E-state index in [1.165, 1.54) is 6.33 Å². The molecule has 1 aromatic heterocycles. The largest absolute Gasteiger partial charge is 0.388 e. The Morgan fingerprint density at radius 2 is 2.09 bits per heavy atom. The zero-order valence-electron chi connectivity index (χ0n) is 14.6. The average Bonchev–Trinajstić information content (AvgIpc) is 2.98. The standard InChI is InChI=1S/C17H30N4O2/c1-16(2,3)14-6-8-17(23,9-7-14)11-19-15(22)5-4-10-21-13-18-12-20-21/h12-14,23H,4-11H2,1-3H3,(H,19,22). The molecule has 6 nitrogen and oxygen atoms in total. The molecule has 0 atom stereocenters. The van der Waals surface area contributed by atoms with Crippen LogP contribution in [0.15, 0.2) is 12.7 Å². The van der Waals surface area contributed by atoms with Crippen molar-refractivity contribution in [1.82, 2.24) is 20.1 Å². The van der Waals surface area contributed by atoms with Gasteiger partial charge in [-0.25, -0.2) is 4.98 Å². The van der Waals surface area contributed by atoms with Gasteiger partial charge in [0.1, 0.15) is 12.7 Å². The van der Waals surface area contributed by atoms with Gasteiger partial charge in [0.15, 0.2) is 0 Å². The predicted molar refractivity (Wildman–Crippen MR) is 88.6 cm³/mol. The molecule has 130 valence electrons. The number of carbonyl (C=O) groups is 1. The number of rotatable bonds is 6. The highest BCUT2D eigenvalue weighted by molar-refractivity contribution is 5.75. The molecule has 1 aromatic rings. The number of hydrogen-bond acceptors (Lipinski definition) is 4. The normalized spacial score (nSPS) is 25.3. The molecule has 0 saturated heterocycles. The van der Waals surface area contributed by atoms with E-state index in [1.54, 1.807) is 11.0 Å². The summed E-state index contributed by atoms with van der Waals surface area (Å²) in [6.07, 6.45) is 7.91. The second-order valence-electron chi connectivity index (χ2n) is 7.90. The minimum atomic E-state index is -0.733. The molecule has 2 rings (SSSR count). The summed E-state index contributed by atoms with van der Waals surface area (Å²) >= 11 is 0. The van der Waals surface area contributed by atoms with Gasteiger partial charge in [-0.2, -0.15) is 5.10 Å². The molecule has 6 heteroatoms. The number of carbonyl (C=O) groups excluding carboxylic acids is 1. The third kappa shape index (κ3) is 5.61. The van der Waals surface area contributed by atoms with E-state index in [0.29, 0.717) is 30.8 Å². The van der Waals surface area contributed by atoms with Crippen LogP contribution < -0.4 is 5.32 Å². The third-order valence-electron chi connectivity index (χ3n) is 5.01. The fourth-order valence-electron chi connectivity index (χ4n) is 3.30. The lowest BCUT2D eigenvalue weighted by atomic mass is 9.68. The number of aromatic nitrogens is 3. The van der Waals surface area contributed by atoms with Crippen LogP contribution in [0.25, 0.3) is 0 Å². The summed E-state index contributed by atoms with van der Waals surface area (Å²) < 4.78 is 1.72. The van der Waals surface area contributed by atoms with Crippen molar-refractivity contribution in [2.75, 3.05) is 6.54 Å². The summed E-state index contributed by atoms with van der Waals surface area (Å²) in [5.41, 5.74) is -0.435. The SMILES string of the molecule is CC(C)(C)C1CCC(O)(CNC(=O)CCCn2cncn2)CC1. The first-order valence-electron chi connectivity index (χ1n) is 8.60. The molecule has 0 aromatic carbocycles.